The zero-order valence-electron chi connectivity index (χ0n) is 14.4. The van der Waals surface area contributed by atoms with E-state index < -0.39 is 0 Å². The molecule has 3 heteroatoms. The Kier molecular flexibility index (Phi) is 7.24. The molecule has 0 aliphatic rings. The van der Waals surface area contributed by atoms with Crippen molar-refractivity contribution in [3.63, 3.8) is 0 Å². The fourth-order valence-corrected chi connectivity index (χ4v) is 2.88. The molecule has 1 aromatic heterocycles. The minimum Gasteiger partial charge on any atom is -0.326 e. The summed E-state index contributed by atoms with van der Waals surface area (Å²) in [7, 11) is 0. The number of nitrogens with zero attached hydrogens (tertiary/aromatic N) is 2. The second-order valence-corrected chi connectivity index (χ2v) is 6.23. The van der Waals surface area contributed by atoms with Crippen LogP contribution in [0.15, 0.2) is 48.8 Å². The topological polar surface area (TPSA) is 42.2 Å². The van der Waals surface area contributed by atoms with Gasteiger partial charge in [-0.25, -0.2) is 0 Å². The molecule has 2 rings (SSSR count). The smallest absolute Gasteiger partial charge is 0.0271 e. The predicted octanol–water partition coefficient (Wildman–Crippen LogP) is 3.98. The summed E-state index contributed by atoms with van der Waals surface area (Å²) in [5.74, 6) is 0.750. The summed E-state index contributed by atoms with van der Waals surface area (Å²) in [6, 6.07) is 12.9. The van der Waals surface area contributed by atoms with E-state index in [0.717, 1.165) is 25.6 Å². The summed E-state index contributed by atoms with van der Waals surface area (Å²) >= 11 is 0. The molecule has 1 heterocycles. The lowest BCUT2D eigenvalue weighted by molar-refractivity contribution is 0.208. The number of nitrogens with two attached hydrogens (primary N) is 1. The van der Waals surface area contributed by atoms with Gasteiger partial charge in [-0.3, -0.25) is 9.88 Å². The van der Waals surface area contributed by atoms with Crippen LogP contribution in [0, 0.1) is 5.92 Å². The van der Waals surface area contributed by atoms with Gasteiger partial charge in [-0.1, -0.05) is 51.0 Å². The average molecular weight is 311 g/mol. The lowest BCUT2D eigenvalue weighted by Gasteiger charge is -2.27. The molecule has 0 radical (unpaired) electrons. The quantitative estimate of drug-likeness (QED) is 0.761. The summed E-state index contributed by atoms with van der Waals surface area (Å²) in [4.78, 5) is 6.66. The van der Waals surface area contributed by atoms with Crippen molar-refractivity contribution in [1.82, 2.24) is 9.88 Å². The molecule has 0 saturated carbocycles. The molecule has 0 saturated heterocycles. The second kappa shape index (κ2) is 9.43. The predicted molar refractivity (Wildman–Crippen MR) is 96.8 cm³/mol. The van der Waals surface area contributed by atoms with Crippen molar-refractivity contribution in [2.45, 2.75) is 46.3 Å². The first kappa shape index (κ1) is 17.6. The Bertz CT molecular complexity index is 547. The number of hydrogen-bond acceptors (Lipinski definition) is 3. The van der Waals surface area contributed by atoms with Crippen molar-refractivity contribution in [3.05, 3.63) is 65.5 Å². The number of aromatic nitrogens is 1. The molecule has 0 unspecified atom stereocenters. The molecule has 124 valence electrons. The van der Waals surface area contributed by atoms with Gasteiger partial charge in [0.2, 0.25) is 0 Å². The van der Waals surface area contributed by atoms with E-state index in [1.165, 1.54) is 29.5 Å². The molecule has 0 bridgehead atoms. The van der Waals surface area contributed by atoms with Gasteiger partial charge in [0.05, 0.1) is 0 Å². The van der Waals surface area contributed by atoms with Crippen LogP contribution < -0.4 is 5.73 Å². The van der Waals surface area contributed by atoms with Gasteiger partial charge in [-0.05, 0) is 34.7 Å². The van der Waals surface area contributed by atoms with Crippen molar-refractivity contribution in [3.8, 4) is 0 Å². The SMILES string of the molecule is CCC(CC)CN(Cc1ccncc1)Cc1ccc(CN)cc1. The Morgan fingerprint density at radius 3 is 1.91 bits per heavy atom. The summed E-state index contributed by atoms with van der Waals surface area (Å²) in [5, 5.41) is 0. The molecule has 0 spiro atoms. The number of pyridine rings is 1. The van der Waals surface area contributed by atoms with Crippen LogP contribution in [-0.4, -0.2) is 16.4 Å². The third-order valence-electron chi connectivity index (χ3n) is 4.49. The van der Waals surface area contributed by atoms with Gasteiger partial charge in [-0.2, -0.15) is 0 Å². The molecule has 3 nitrogen and oxygen atoms in total. The maximum absolute atomic E-state index is 5.69. The summed E-state index contributed by atoms with van der Waals surface area (Å²) < 4.78 is 0. The van der Waals surface area contributed by atoms with E-state index in [2.05, 4.69) is 60.1 Å². The molecular formula is C20H29N3. The molecule has 0 atom stereocenters. The van der Waals surface area contributed by atoms with Crippen molar-refractivity contribution in [1.29, 1.82) is 0 Å². The highest BCUT2D eigenvalue weighted by Crippen LogP contribution is 2.16. The van der Waals surface area contributed by atoms with Crippen molar-refractivity contribution < 1.29 is 0 Å². The monoisotopic (exact) mass is 311 g/mol. The molecule has 23 heavy (non-hydrogen) atoms. The van der Waals surface area contributed by atoms with Crippen LogP contribution >= 0.6 is 0 Å². The van der Waals surface area contributed by atoms with Gasteiger partial charge in [0.15, 0.2) is 0 Å². The van der Waals surface area contributed by atoms with Gasteiger partial charge < -0.3 is 5.73 Å². The van der Waals surface area contributed by atoms with Crippen LogP contribution in [0.4, 0.5) is 0 Å². The Morgan fingerprint density at radius 1 is 0.870 bits per heavy atom. The van der Waals surface area contributed by atoms with Gasteiger partial charge in [-0.15, -0.1) is 0 Å². The van der Waals surface area contributed by atoms with Gasteiger partial charge in [0.1, 0.15) is 0 Å². The van der Waals surface area contributed by atoms with E-state index in [1.54, 1.807) is 0 Å². The molecule has 0 fully saturated rings. The minimum atomic E-state index is 0.606. The fourth-order valence-electron chi connectivity index (χ4n) is 2.88. The Hall–Kier alpha value is -1.71. The number of rotatable bonds is 9. The molecule has 2 aromatic rings. The molecular weight excluding hydrogens is 282 g/mol. The first-order valence-corrected chi connectivity index (χ1v) is 8.64. The van der Waals surface area contributed by atoms with Crippen molar-refractivity contribution in [2.24, 2.45) is 11.7 Å². The van der Waals surface area contributed by atoms with Crippen LogP contribution in [0.1, 0.15) is 43.4 Å². The Balaban J connectivity index is 2.07. The van der Waals surface area contributed by atoms with Crippen molar-refractivity contribution in [2.75, 3.05) is 6.54 Å². The summed E-state index contributed by atoms with van der Waals surface area (Å²) in [5.41, 5.74) is 9.55. The van der Waals surface area contributed by atoms with Crippen LogP contribution in [-0.2, 0) is 19.6 Å². The van der Waals surface area contributed by atoms with E-state index in [1.807, 2.05) is 12.4 Å². The molecule has 0 aliphatic heterocycles. The average Bonchev–Trinajstić information content (AvgIpc) is 2.61. The highest BCUT2D eigenvalue weighted by Gasteiger charge is 2.12. The molecule has 0 aliphatic carbocycles. The molecule has 1 aromatic carbocycles. The third kappa shape index (κ3) is 5.77. The standard InChI is InChI=1S/C20H29N3/c1-3-17(4-2)14-23(16-20-9-11-22-12-10-20)15-19-7-5-18(13-21)6-8-19/h5-12,17H,3-4,13-16,21H2,1-2H3. The van der Waals surface area contributed by atoms with Gasteiger partial charge in [0.25, 0.3) is 0 Å². The van der Waals surface area contributed by atoms with Crippen LogP contribution in [0.5, 0.6) is 0 Å². The van der Waals surface area contributed by atoms with E-state index in [9.17, 15) is 0 Å². The first-order chi connectivity index (χ1) is 11.2. The first-order valence-electron chi connectivity index (χ1n) is 8.64. The minimum absolute atomic E-state index is 0.606. The lowest BCUT2D eigenvalue weighted by atomic mass is 10.0. The van der Waals surface area contributed by atoms with Crippen LogP contribution in [0.2, 0.25) is 0 Å². The van der Waals surface area contributed by atoms with Crippen LogP contribution in [0.3, 0.4) is 0 Å². The zero-order chi connectivity index (χ0) is 16.5. The van der Waals surface area contributed by atoms with E-state index in [-0.39, 0.29) is 0 Å². The lowest BCUT2D eigenvalue weighted by Crippen LogP contribution is -2.28. The van der Waals surface area contributed by atoms with Gasteiger partial charge in [0, 0.05) is 38.6 Å². The summed E-state index contributed by atoms with van der Waals surface area (Å²) in [6.07, 6.45) is 6.21. The number of benzene rings is 1. The van der Waals surface area contributed by atoms with E-state index in [4.69, 9.17) is 5.73 Å². The fraction of sp³-hybridized carbons (Fsp3) is 0.450. The van der Waals surface area contributed by atoms with E-state index in [0.29, 0.717) is 6.54 Å². The third-order valence-corrected chi connectivity index (χ3v) is 4.49. The Labute approximate surface area is 140 Å². The summed E-state index contributed by atoms with van der Waals surface area (Å²) in [6.45, 7) is 8.26. The number of hydrogen-bond donors (Lipinski definition) is 1. The highest BCUT2D eigenvalue weighted by atomic mass is 15.1. The normalized spacial score (nSPS) is 11.3. The van der Waals surface area contributed by atoms with Gasteiger partial charge >= 0.3 is 0 Å². The highest BCUT2D eigenvalue weighted by molar-refractivity contribution is 5.22. The zero-order valence-corrected chi connectivity index (χ0v) is 14.4. The maximum Gasteiger partial charge on any atom is 0.0271 e. The molecule has 0 amide bonds. The Morgan fingerprint density at radius 2 is 1.39 bits per heavy atom. The van der Waals surface area contributed by atoms with Crippen LogP contribution in [0.25, 0.3) is 0 Å². The van der Waals surface area contributed by atoms with E-state index >= 15 is 0 Å². The molecule has 2 N–H and O–H groups in total. The van der Waals surface area contributed by atoms with Crippen molar-refractivity contribution >= 4 is 0 Å². The maximum atomic E-state index is 5.69. The largest absolute Gasteiger partial charge is 0.326 e. The second-order valence-electron chi connectivity index (χ2n) is 6.23.